The molecule has 7 heteroatoms. The summed E-state index contributed by atoms with van der Waals surface area (Å²) in [5, 5.41) is 6.65. The van der Waals surface area contributed by atoms with Crippen LogP contribution in [0, 0.1) is 0 Å². The fourth-order valence-electron chi connectivity index (χ4n) is 2.56. The van der Waals surface area contributed by atoms with Gasteiger partial charge in [-0.25, -0.2) is 0 Å². The Hall–Kier alpha value is -1.57. The maximum absolute atomic E-state index is 5.40. The number of hydrogen-bond donors (Lipinski definition) is 2. The number of nitrogens with zero attached hydrogens (tertiary/aromatic N) is 2. The fourth-order valence-corrected chi connectivity index (χ4v) is 2.56. The Morgan fingerprint density at radius 3 is 2.83 bits per heavy atom. The summed E-state index contributed by atoms with van der Waals surface area (Å²) in [6, 6.07) is 4.29. The van der Waals surface area contributed by atoms with Gasteiger partial charge in [-0.1, -0.05) is 0 Å². The number of furan rings is 1. The van der Waals surface area contributed by atoms with E-state index in [1.807, 2.05) is 12.1 Å². The molecule has 1 aromatic rings. The van der Waals surface area contributed by atoms with Crippen molar-refractivity contribution < 1.29 is 13.9 Å². The summed E-state index contributed by atoms with van der Waals surface area (Å²) >= 11 is 0. The molecule has 0 spiro atoms. The van der Waals surface area contributed by atoms with E-state index in [2.05, 4.69) is 22.5 Å². The third-order valence-corrected chi connectivity index (χ3v) is 4.03. The summed E-state index contributed by atoms with van der Waals surface area (Å²) < 4.78 is 15.9. The van der Waals surface area contributed by atoms with Crippen molar-refractivity contribution in [2.45, 2.75) is 19.4 Å². The van der Waals surface area contributed by atoms with Crippen LogP contribution in [-0.4, -0.2) is 76.6 Å². The summed E-state index contributed by atoms with van der Waals surface area (Å²) in [5.41, 5.74) is 0. The molecule has 7 nitrogen and oxygen atoms in total. The molecule has 2 N–H and O–H groups in total. The molecule has 1 aromatic heterocycles. The number of hydrogen-bond acceptors (Lipinski definition) is 5. The molecule has 0 aromatic carbocycles. The summed E-state index contributed by atoms with van der Waals surface area (Å²) in [6.07, 6.45) is 2.53. The average Bonchev–Trinajstić information content (AvgIpc) is 3.13. The molecule has 1 atom stereocenters. The Bertz CT molecular complexity index is 458. The number of aliphatic imine (C=N–C) groups is 1. The summed E-state index contributed by atoms with van der Waals surface area (Å²) in [7, 11) is 1.70. The molecule has 0 aliphatic carbocycles. The van der Waals surface area contributed by atoms with Gasteiger partial charge in [0.05, 0.1) is 32.6 Å². The molecule has 2 heterocycles. The van der Waals surface area contributed by atoms with Crippen molar-refractivity contribution in [3.8, 4) is 0 Å². The van der Waals surface area contributed by atoms with Crippen molar-refractivity contribution in [2.75, 3.05) is 59.7 Å². The third-order valence-electron chi connectivity index (χ3n) is 4.03. The lowest BCUT2D eigenvalue weighted by atomic mass is 10.2. The lowest BCUT2D eigenvalue weighted by Crippen LogP contribution is -2.45. The van der Waals surface area contributed by atoms with E-state index >= 15 is 0 Å². The van der Waals surface area contributed by atoms with E-state index < -0.39 is 0 Å². The second-order valence-electron chi connectivity index (χ2n) is 5.86. The molecule has 0 saturated carbocycles. The van der Waals surface area contributed by atoms with Crippen molar-refractivity contribution in [3.63, 3.8) is 0 Å². The van der Waals surface area contributed by atoms with Crippen molar-refractivity contribution in [2.24, 2.45) is 4.99 Å². The molecule has 2 rings (SSSR count). The predicted octanol–water partition coefficient (Wildman–Crippen LogP) is 0.724. The molecule has 1 saturated heterocycles. The van der Waals surface area contributed by atoms with Crippen LogP contribution in [-0.2, 0) is 15.9 Å². The largest absolute Gasteiger partial charge is 0.469 e. The van der Waals surface area contributed by atoms with E-state index in [0.717, 1.165) is 64.1 Å². The van der Waals surface area contributed by atoms with E-state index in [9.17, 15) is 0 Å². The van der Waals surface area contributed by atoms with Gasteiger partial charge in [-0.15, -0.1) is 0 Å². The van der Waals surface area contributed by atoms with E-state index in [0.29, 0.717) is 12.6 Å². The lowest BCUT2D eigenvalue weighted by Gasteiger charge is -2.31. The second kappa shape index (κ2) is 11.1. The molecule has 136 valence electrons. The Labute approximate surface area is 144 Å². The minimum absolute atomic E-state index is 0.403. The topological polar surface area (TPSA) is 71.3 Å². The number of rotatable bonds is 9. The molecule has 1 aliphatic rings. The van der Waals surface area contributed by atoms with Crippen molar-refractivity contribution in [1.82, 2.24) is 15.5 Å². The zero-order valence-electron chi connectivity index (χ0n) is 14.8. The first-order valence-electron chi connectivity index (χ1n) is 8.65. The molecular weight excluding hydrogens is 308 g/mol. The highest BCUT2D eigenvalue weighted by Gasteiger charge is 2.16. The average molecular weight is 338 g/mol. The Balaban J connectivity index is 1.78. The number of guanidine groups is 1. The quantitative estimate of drug-likeness (QED) is 0.393. The van der Waals surface area contributed by atoms with Crippen LogP contribution in [0.4, 0.5) is 0 Å². The van der Waals surface area contributed by atoms with Gasteiger partial charge in [0.25, 0.3) is 0 Å². The van der Waals surface area contributed by atoms with Gasteiger partial charge in [0.2, 0.25) is 0 Å². The molecule has 1 fully saturated rings. The van der Waals surface area contributed by atoms with E-state index in [-0.39, 0.29) is 0 Å². The number of morpholine rings is 1. The van der Waals surface area contributed by atoms with Crippen LogP contribution >= 0.6 is 0 Å². The van der Waals surface area contributed by atoms with Crippen LogP contribution in [0.25, 0.3) is 0 Å². The van der Waals surface area contributed by atoms with Gasteiger partial charge in [-0.2, -0.15) is 0 Å². The molecule has 1 aliphatic heterocycles. The first-order valence-corrected chi connectivity index (χ1v) is 8.65. The minimum Gasteiger partial charge on any atom is -0.469 e. The highest BCUT2D eigenvalue weighted by atomic mass is 16.5. The van der Waals surface area contributed by atoms with Crippen molar-refractivity contribution in [1.29, 1.82) is 0 Å². The summed E-state index contributed by atoms with van der Waals surface area (Å²) in [6.45, 7) is 8.71. The standard InChI is InChI=1S/C17H30N4O3/c1-15(21-8-12-23-13-9-21)14-20-17(19-7-11-22-2)18-6-5-16-4-3-10-24-16/h3-4,10,15H,5-9,11-14H2,1-2H3,(H2,18,19,20). The van der Waals surface area contributed by atoms with Gasteiger partial charge in [0, 0.05) is 45.8 Å². The normalized spacial score (nSPS) is 17.7. The molecule has 24 heavy (non-hydrogen) atoms. The maximum atomic E-state index is 5.40. The third kappa shape index (κ3) is 6.90. The van der Waals surface area contributed by atoms with Crippen LogP contribution < -0.4 is 10.6 Å². The molecule has 0 radical (unpaired) electrons. The van der Waals surface area contributed by atoms with Gasteiger partial charge in [0.1, 0.15) is 5.76 Å². The van der Waals surface area contributed by atoms with Crippen LogP contribution in [0.15, 0.2) is 27.8 Å². The highest BCUT2D eigenvalue weighted by molar-refractivity contribution is 5.79. The van der Waals surface area contributed by atoms with Crippen LogP contribution in [0.1, 0.15) is 12.7 Å². The molecule has 0 amide bonds. The second-order valence-corrected chi connectivity index (χ2v) is 5.86. The number of nitrogens with one attached hydrogen (secondary N) is 2. The van der Waals surface area contributed by atoms with Gasteiger partial charge in [-0.3, -0.25) is 9.89 Å². The SMILES string of the molecule is COCCNC(=NCC(C)N1CCOCC1)NCCc1ccco1. The maximum Gasteiger partial charge on any atom is 0.191 e. The predicted molar refractivity (Wildman–Crippen MR) is 94.4 cm³/mol. The first-order chi connectivity index (χ1) is 11.8. The number of methoxy groups -OCH3 is 1. The van der Waals surface area contributed by atoms with Crippen LogP contribution in [0.5, 0.6) is 0 Å². The number of ether oxygens (including phenoxy) is 2. The lowest BCUT2D eigenvalue weighted by molar-refractivity contribution is 0.0220. The fraction of sp³-hybridized carbons (Fsp3) is 0.706. The van der Waals surface area contributed by atoms with Crippen LogP contribution in [0.3, 0.4) is 0 Å². The van der Waals surface area contributed by atoms with Crippen molar-refractivity contribution in [3.05, 3.63) is 24.2 Å². The molecule has 0 bridgehead atoms. The zero-order valence-corrected chi connectivity index (χ0v) is 14.8. The van der Waals surface area contributed by atoms with Gasteiger partial charge < -0.3 is 24.5 Å². The Kier molecular flexibility index (Phi) is 8.65. The van der Waals surface area contributed by atoms with Gasteiger partial charge in [0.15, 0.2) is 5.96 Å². The minimum atomic E-state index is 0.403. The van der Waals surface area contributed by atoms with E-state index in [4.69, 9.17) is 18.9 Å². The van der Waals surface area contributed by atoms with E-state index in [1.165, 1.54) is 0 Å². The summed E-state index contributed by atoms with van der Waals surface area (Å²) in [5.74, 6) is 1.79. The van der Waals surface area contributed by atoms with E-state index in [1.54, 1.807) is 13.4 Å². The van der Waals surface area contributed by atoms with Gasteiger partial charge in [-0.05, 0) is 19.1 Å². The highest BCUT2D eigenvalue weighted by Crippen LogP contribution is 2.04. The van der Waals surface area contributed by atoms with Crippen LogP contribution in [0.2, 0.25) is 0 Å². The van der Waals surface area contributed by atoms with Gasteiger partial charge >= 0.3 is 0 Å². The smallest absolute Gasteiger partial charge is 0.191 e. The van der Waals surface area contributed by atoms with Crippen molar-refractivity contribution >= 4 is 5.96 Å². The monoisotopic (exact) mass is 338 g/mol. The Morgan fingerprint density at radius 2 is 2.12 bits per heavy atom. The zero-order chi connectivity index (χ0) is 17.0. The summed E-state index contributed by atoms with van der Waals surface area (Å²) in [4.78, 5) is 7.13. The molecular formula is C17H30N4O3. The molecule has 1 unspecified atom stereocenters. The Morgan fingerprint density at radius 1 is 1.33 bits per heavy atom. The first kappa shape index (κ1) is 18.8.